The lowest BCUT2D eigenvalue weighted by molar-refractivity contribution is -0.149. The van der Waals surface area contributed by atoms with E-state index in [1.807, 2.05) is 12.1 Å². The van der Waals surface area contributed by atoms with Crippen LogP contribution in [0.1, 0.15) is 69.4 Å². The van der Waals surface area contributed by atoms with Crippen molar-refractivity contribution in [2.75, 3.05) is 6.61 Å². The van der Waals surface area contributed by atoms with Gasteiger partial charge in [0.15, 0.2) is 0 Å². The molecule has 0 saturated heterocycles. The number of ketones is 1. The normalized spacial score (nSPS) is 30.8. The Morgan fingerprint density at radius 3 is 2.75 bits per heavy atom. The molecule has 0 amide bonds. The van der Waals surface area contributed by atoms with Crippen molar-refractivity contribution in [1.82, 2.24) is 0 Å². The highest BCUT2D eigenvalue weighted by Crippen LogP contribution is 2.59. The standard InChI is InChI=1S/C23H28O5/c1-3-27-21(25)13-22(26)28-15-5-7-16-14(12-15)4-6-18-17(16)10-11-23(2)19(18)8-9-20(23)24/h5,7,12,17-19H,3-4,6,8-11,13H2,1-2H3. The third-order valence-corrected chi connectivity index (χ3v) is 7.23. The van der Waals surface area contributed by atoms with Crippen LogP contribution in [0.4, 0.5) is 0 Å². The molecule has 4 atom stereocenters. The molecule has 0 heterocycles. The van der Waals surface area contributed by atoms with Gasteiger partial charge in [0.05, 0.1) is 6.61 Å². The van der Waals surface area contributed by atoms with Gasteiger partial charge in [0.25, 0.3) is 0 Å². The molecule has 150 valence electrons. The van der Waals surface area contributed by atoms with Crippen LogP contribution in [-0.4, -0.2) is 24.3 Å². The van der Waals surface area contributed by atoms with E-state index in [4.69, 9.17) is 9.47 Å². The summed E-state index contributed by atoms with van der Waals surface area (Å²) in [5.74, 6) is 1.38. The minimum atomic E-state index is -0.593. The molecule has 3 aliphatic carbocycles. The smallest absolute Gasteiger partial charge is 0.322 e. The Morgan fingerprint density at radius 1 is 1.14 bits per heavy atom. The lowest BCUT2D eigenvalue weighted by atomic mass is 9.55. The first-order valence-corrected chi connectivity index (χ1v) is 10.4. The van der Waals surface area contributed by atoms with Crippen LogP contribution >= 0.6 is 0 Å². The van der Waals surface area contributed by atoms with Crippen molar-refractivity contribution in [3.05, 3.63) is 29.3 Å². The second-order valence-electron chi connectivity index (χ2n) is 8.65. The Kier molecular flexibility index (Phi) is 5.02. The Bertz CT molecular complexity index is 813. The Hall–Kier alpha value is -2.17. The topological polar surface area (TPSA) is 69.7 Å². The van der Waals surface area contributed by atoms with Crippen molar-refractivity contribution in [1.29, 1.82) is 0 Å². The predicted octanol–water partition coefficient (Wildman–Crippen LogP) is 3.97. The fourth-order valence-corrected chi connectivity index (χ4v) is 5.89. The van der Waals surface area contributed by atoms with E-state index in [2.05, 4.69) is 13.0 Å². The lowest BCUT2D eigenvalue weighted by Crippen LogP contribution is -2.42. The highest BCUT2D eigenvalue weighted by Gasteiger charge is 2.54. The minimum absolute atomic E-state index is 0.110. The van der Waals surface area contributed by atoms with Crippen LogP contribution in [0.15, 0.2) is 18.2 Å². The van der Waals surface area contributed by atoms with Gasteiger partial charge in [0, 0.05) is 11.8 Å². The number of rotatable bonds is 4. The summed E-state index contributed by atoms with van der Waals surface area (Å²) in [5.41, 5.74) is 2.47. The largest absolute Gasteiger partial charge is 0.466 e. The van der Waals surface area contributed by atoms with E-state index in [9.17, 15) is 14.4 Å². The van der Waals surface area contributed by atoms with Crippen LogP contribution in [0.3, 0.4) is 0 Å². The van der Waals surface area contributed by atoms with E-state index in [0.29, 0.717) is 29.3 Å². The van der Waals surface area contributed by atoms with Crippen LogP contribution in [0.5, 0.6) is 5.75 Å². The highest BCUT2D eigenvalue weighted by molar-refractivity contribution is 5.92. The van der Waals surface area contributed by atoms with Gasteiger partial charge in [-0.1, -0.05) is 13.0 Å². The molecule has 5 nitrogen and oxygen atoms in total. The number of aryl methyl sites for hydroxylation is 1. The van der Waals surface area contributed by atoms with Gasteiger partial charge < -0.3 is 9.47 Å². The first-order chi connectivity index (χ1) is 13.4. The third-order valence-electron chi connectivity index (χ3n) is 7.23. The summed E-state index contributed by atoms with van der Waals surface area (Å²) in [6.07, 6.45) is 5.48. The summed E-state index contributed by atoms with van der Waals surface area (Å²) in [6.45, 7) is 4.14. The van der Waals surface area contributed by atoms with Gasteiger partial charge >= 0.3 is 11.9 Å². The van der Waals surface area contributed by atoms with Crippen molar-refractivity contribution in [2.24, 2.45) is 17.3 Å². The van der Waals surface area contributed by atoms with E-state index < -0.39 is 11.9 Å². The Balaban J connectivity index is 1.48. The number of hydrogen-bond acceptors (Lipinski definition) is 5. The molecule has 5 heteroatoms. The molecule has 3 aliphatic rings. The summed E-state index contributed by atoms with van der Waals surface area (Å²) in [4.78, 5) is 35.8. The van der Waals surface area contributed by atoms with Crippen molar-refractivity contribution in [2.45, 2.75) is 64.7 Å². The molecule has 0 aliphatic heterocycles. The molecule has 2 saturated carbocycles. The quantitative estimate of drug-likeness (QED) is 0.446. The molecule has 0 bridgehead atoms. The molecule has 0 aromatic heterocycles. The van der Waals surface area contributed by atoms with Gasteiger partial charge in [0.1, 0.15) is 18.0 Å². The first kappa shape index (κ1) is 19.2. The van der Waals surface area contributed by atoms with Gasteiger partial charge in [-0.15, -0.1) is 0 Å². The molecule has 28 heavy (non-hydrogen) atoms. The van der Waals surface area contributed by atoms with Crippen LogP contribution < -0.4 is 4.74 Å². The fraction of sp³-hybridized carbons (Fsp3) is 0.609. The third kappa shape index (κ3) is 3.25. The number of carbonyl (C=O) groups excluding carboxylic acids is 3. The molecular weight excluding hydrogens is 356 g/mol. The highest BCUT2D eigenvalue weighted by atomic mass is 16.6. The molecule has 0 radical (unpaired) electrons. The van der Waals surface area contributed by atoms with E-state index in [1.165, 1.54) is 11.1 Å². The summed E-state index contributed by atoms with van der Waals surface area (Å²) < 4.78 is 10.1. The number of fused-ring (bicyclic) bond motifs is 5. The second kappa shape index (κ2) is 7.34. The van der Waals surface area contributed by atoms with Crippen molar-refractivity contribution in [3.63, 3.8) is 0 Å². The van der Waals surface area contributed by atoms with Crippen LogP contribution in [0.2, 0.25) is 0 Å². The summed E-state index contributed by atoms with van der Waals surface area (Å²) in [7, 11) is 0. The van der Waals surface area contributed by atoms with E-state index in [-0.39, 0.29) is 18.4 Å². The zero-order chi connectivity index (χ0) is 19.9. The van der Waals surface area contributed by atoms with Crippen molar-refractivity contribution in [3.8, 4) is 5.75 Å². The van der Waals surface area contributed by atoms with Crippen LogP contribution in [-0.2, 0) is 25.5 Å². The zero-order valence-corrected chi connectivity index (χ0v) is 16.7. The molecule has 4 rings (SSSR count). The average molecular weight is 384 g/mol. The van der Waals surface area contributed by atoms with Gasteiger partial charge in [-0.2, -0.15) is 0 Å². The van der Waals surface area contributed by atoms with E-state index >= 15 is 0 Å². The summed E-state index contributed by atoms with van der Waals surface area (Å²) in [6, 6.07) is 5.86. The number of esters is 2. The lowest BCUT2D eigenvalue weighted by Gasteiger charge is -2.48. The number of ether oxygens (including phenoxy) is 2. The van der Waals surface area contributed by atoms with E-state index in [0.717, 1.165) is 38.5 Å². The first-order valence-electron chi connectivity index (χ1n) is 10.4. The SMILES string of the molecule is CCOC(=O)CC(=O)Oc1ccc2c(c1)CCC1C2CCC2(C)C(=O)CCC12. The van der Waals surface area contributed by atoms with Crippen LogP contribution in [0.25, 0.3) is 0 Å². The molecule has 2 fully saturated rings. The molecule has 1 aromatic rings. The van der Waals surface area contributed by atoms with Gasteiger partial charge in [0.2, 0.25) is 0 Å². The molecule has 4 unspecified atom stereocenters. The number of benzene rings is 1. The van der Waals surface area contributed by atoms with Gasteiger partial charge in [-0.05, 0) is 80.0 Å². The number of hydrogen-bond donors (Lipinski definition) is 0. The average Bonchev–Trinajstić information content (AvgIpc) is 2.96. The molecule has 1 aromatic carbocycles. The maximum Gasteiger partial charge on any atom is 0.322 e. The monoisotopic (exact) mass is 384 g/mol. The predicted molar refractivity (Wildman–Crippen MR) is 103 cm³/mol. The molecule has 0 N–H and O–H groups in total. The maximum atomic E-state index is 12.4. The second-order valence-corrected chi connectivity index (χ2v) is 8.65. The fourth-order valence-electron chi connectivity index (χ4n) is 5.89. The van der Waals surface area contributed by atoms with Crippen molar-refractivity contribution >= 4 is 17.7 Å². The zero-order valence-electron chi connectivity index (χ0n) is 16.7. The maximum absolute atomic E-state index is 12.4. The summed E-state index contributed by atoms with van der Waals surface area (Å²) >= 11 is 0. The molecular formula is C23H28O5. The summed E-state index contributed by atoms with van der Waals surface area (Å²) in [5, 5.41) is 0. The number of carbonyl (C=O) groups is 3. The van der Waals surface area contributed by atoms with Gasteiger partial charge in [-0.25, -0.2) is 0 Å². The van der Waals surface area contributed by atoms with Gasteiger partial charge in [-0.3, -0.25) is 14.4 Å². The Labute approximate surface area is 165 Å². The van der Waals surface area contributed by atoms with Crippen LogP contribution in [0, 0.1) is 17.3 Å². The van der Waals surface area contributed by atoms with E-state index in [1.54, 1.807) is 6.92 Å². The Morgan fingerprint density at radius 2 is 1.96 bits per heavy atom. The van der Waals surface area contributed by atoms with Crippen molar-refractivity contribution < 1.29 is 23.9 Å². The molecule has 0 spiro atoms. The minimum Gasteiger partial charge on any atom is -0.466 e. The number of Topliss-reactive ketones (excluding diaryl/α,β-unsaturated/α-hetero) is 1.